The first-order valence-electron chi connectivity index (χ1n) is 10.1. The van der Waals surface area contributed by atoms with Crippen LogP contribution < -0.4 is 15.2 Å². The number of nitrogens with zero attached hydrogens (tertiary/aromatic N) is 3. The summed E-state index contributed by atoms with van der Waals surface area (Å²) in [6, 6.07) is 12.9. The van der Waals surface area contributed by atoms with Gasteiger partial charge in [0.2, 0.25) is 0 Å². The fraction of sp³-hybridized carbons (Fsp3) is 0.364. The molecule has 1 unspecified atom stereocenters. The van der Waals surface area contributed by atoms with Gasteiger partial charge in [0.15, 0.2) is 0 Å². The van der Waals surface area contributed by atoms with Crippen molar-refractivity contribution in [1.29, 1.82) is 0 Å². The number of amides is 1. The third-order valence-electron chi connectivity index (χ3n) is 5.45. The van der Waals surface area contributed by atoms with E-state index in [2.05, 4.69) is 10.5 Å². The van der Waals surface area contributed by atoms with Crippen LogP contribution in [0.4, 0.5) is 5.69 Å². The van der Waals surface area contributed by atoms with E-state index in [9.17, 15) is 4.79 Å². The Morgan fingerprint density at radius 1 is 1.10 bits per heavy atom. The van der Waals surface area contributed by atoms with Crippen molar-refractivity contribution in [2.24, 2.45) is 5.10 Å². The van der Waals surface area contributed by atoms with Crippen molar-refractivity contribution in [2.75, 3.05) is 25.2 Å². The highest BCUT2D eigenvalue weighted by atomic mass is 35.5. The zero-order chi connectivity index (χ0) is 21.1. The highest BCUT2D eigenvalue weighted by Gasteiger charge is 2.34. The fourth-order valence-electron chi connectivity index (χ4n) is 3.84. The van der Waals surface area contributed by atoms with Crippen molar-refractivity contribution in [3.8, 4) is 5.75 Å². The molecule has 166 valence electrons. The van der Waals surface area contributed by atoms with E-state index in [0.29, 0.717) is 27.9 Å². The standard InChI is InChI=1S/C22H24Cl2N4O2.ClH/c1-30-17-8-5-15(6-9-17)21-14-19(22(29)26-27-11-3-2-4-12-27)25-28(21)20-10-7-16(23)13-18(20)24;/h5-10,13,21H,2-4,11-12,14H2,1H3,(H,26,29);1H. The van der Waals surface area contributed by atoms with E-state index >= 15 is 0 Å². The molecule has 1 amide bonds. The minimum atomic E-state index is -0.164. The van der Waals surface area contributed by atoms with Gasteiger partial charge in [0.25, 0.3) is 5.91 Å². The summed E-state index contributed by atoms with van der Waals surface area (Å²) in [6.07, 6.45) is 3.86. The highest BCUT2D eigenvalue weighted by Crippen LogP contribution is 2.40. The molecule has 1 saturated heterocycles. The van der Waals surface area contributed by atoms with Crippen molar-refractivity contribution in [3.63, 3.8) is 0 Å². The molecule has 0 aromatic heterocycles. The molecule has 0 radical (unpaired) electrons. The van der Waals surface area contributed by atoms with Crippen molar-refractivity contribution < 1.29 is 9.53 Å². The molecule has 2 aliphatic heterocycles. The third-order valence-corrected chi connectivity index (χ3v) is 5.98. The second kappa shape index (κ2) is 10.6. The van der Waals surface area contributed by atoms with Crippen LogP contribution >= 0.6 is 35.6 Å². The zero-order valence-corrected chi connectivity index (χ0v) is 19.5. The Morgan fingerprint density at radius 3 is 2.45 bits per heavy atom. The summed E-state index contributed by atoms with van der Waals surface area (Å²) in [4.78, 5) is 12.9. The lowest BCUT2D eigenvalue weighted by Gasteiger charge is -2.26. The Bertz CT molecular complexity index is 946. The smallest absolute Gasteiger partial charge is 0.281 e. The van der Waals surface area contributed by atoms with Crippen LogP contribution in [-0.4, -0.2) is 36.8 Å². The van der Waals surface area contributed by atoms with Crippen molar-refractivity contribution >= 4 is 52.9 Å². The molecule has 2 aliphatic rings. The molecule has 31 heavy (non-hydrogen) atoms. The van der Waals surface area contributed by atoms with Gasteiger partial charge in [-0.3, -0.25) is 15.2 Å². The number of hydrogen-bond acceptors (Lipinski definition) is 5. The number of hydrazone groups is 1. The van der Waals surface area contributed by atoms with Gasteiger partial charge in [-0.2, -0.15) is 5.10 Å². The summed E-state index contributed by atoms with van der Waals surface area (Å²) in [5, 5.41) is 9.50. The molecule has 2 heterocycles. The third kappa shape index (κ3) is 5.44. The Morgan fingerprint density at radius 2 is 1.81 bits per heavy atom. The van der Waals surface area contributed by atoms with Gasteiger partial charge >= 0.3 is 0 Å². The van der Waals surface area contributed by atoms with Crippen molar-refractivity contribution in [1.82, 2.24) is 10.4 Å². The van der Waals surface area contributed by atoms with Gasteiger partial charge < -0.3 is 4.74 Å². The SMILES string of the molecule is COc1ccc(C2CC(C(=O)NN3CCCCC3)=NN2c2ccc(Cl)cc2Cl)cc1.Cl. The van der Waals surface area contributed by atoms with Gasteiger partial charge in [0.05, 0.1) is 23.9 Å². The number of ether oxygens (including phenoxy) is 1. The lowest BCUT2D eigenvalue weighted by molar-refractivity contribution is -0.119. The number of hydrogen-bond donors (Lipinski definition) is 1. The normalized spacial score (nSPS) is 18.9. The average molecular weight is 484 g/mol. The fourth-order valence-corrected chi connectivity index (χ4v) is 4.33. The Labute approximate surface area is 198 Å². The number of rotatable bonds is 5. The zero-order valence-electron chi connectivity index (χ0n) is 17.2. The quantitative estimate of drug-likeness (QED) is 0.631. The van der Waals surface area contributed by atoms with E-state index in [1.807, 2.05) is 40.3 Å². The molecule has 0 saturated carbocycles. The molecule has 2 aromatic carbocycles. The number of methoxy groups -OCH3 is 1. The van der Waals surface area contributed by atoms with Crippen LogP contribution in [0.1, 0.15) is 37.3 Å². The van der Waals surface area contributed by atoms with Gasteiger partial charge in [0, 0.05) is 24.5 Å². The second-order valence-electron chi connectivity index (χ2n) is 7.47. The number of benzene rings is 2. The summed E-state index contributed by atoms with van der Waals surface area (Å²) >= 11 is 12.5. The van der Waals surface area contributed by atoms with Gasteiger partial charge in [-0.25, -0.2) is 5.01 Å². The molecule has 1 atom stereocenters. The molecule has 1 fully saturated rings. The number of hydrazine groups is 1. The van der Waals surface area contributed by atoms with Crippen LogP contribution in [0.3, 0.4) is 0 Å². The van der Waals surface area contributed by atoms with Crippen LogP contribution in [0.15, 0.2) is 47.6 Å². The van der Waals surface area contributed by atoms with Crippen LogP contribution in [0.2, 0.25) is 10.0 Å². The largest absolute Gasteiger partial charge is 0.497 e. The molecule has 0 aliphatic carbocycles. The molecule has 6 nitrogen and oxygen atoms in total. The van der Waals surface area contributed by atoms with E-state index in [4.69, 9.17) is 27.9 Å². The molecule has 2 aromatic rings. The first-order valence-corrected chi connectivity index (χ1v) is 10.8. The second-order valence-corrected chi connectivity index (χ2v) is 8.31. The number of anilines is 1. The molecule has 9 heteroatoms. The molecule has 0 spiro atoms. The molecule has 4 rings (SSSR count). The lowest BCUT2D eigenvalue weighted by Crippen LogP contribution is -2.47. The predicted octanol–water partition coefficient (Wildman–Crippen LogP) is 5.25. The summed E-state index contributed by atoms with van der Waals surface area (Å²) < 4.78 is 5.27. The van der Waals surface area contributed by atoms with Crippen LogP contribution in [0, 0.1) is 0 Å². The average Bonchev–Trinajstić information content (AvgIpc) is 3.20. The topological polar surface area (TPSA) is 57.2 Å². The monoisotopic (exact) mass is 482 g/mol. The molecule has 1 N–H and O–H groups in total. The van der Waals surface area contributed by atoms with E-state index in [-0.39, 0.29) is 24.4 Å². The number of carbonyl (C=O) groups excluding carboxylic acids is 1. The summed E-state index contributed by atoms with van der Waals surface area (Å²) in [5.74, 6) is 0.611. The van der Waals surface area contributed by atoms with E-state index < -0.39 is 0 Å². The Hall–Kier alpha value is -1.99. The maximum absolute atomic E-state index is 12.9. The Kier molecular flexibility index (Phi) is 8.06. The number of nitrogens with one attached hydrogen (secondary N) is 1. The lowest BCUT2D eigenvalue weighted by atomic mass is 10.0. The molecule has 0 bridgehead atoms. The van der Waals surface area contributed by atoms with E-state index in [1.165, 1.54) is 6.42 Å². The Balaban J connectivity index is 0.00000272. The van der Waals surface area contributed by atoms with Crippen LogP contribution in [0.5, 0.6) is 5.75 Å². The predicted molar refractivity (Wildman–Crippen MR) is 128 cm³/mol. The summed E-state index contributed by atoms with van der Waals surface area (Å²) in [5.41, 5.74) is 5.22. The maximum Gasteiger partial charge on any atom is 0.281 e. The maximum atomic E-state index is 12.9. The first kappa shape index (κ1) is 23.7. The number of carbonyl (C=O) groups is 1. The van der Waals surface area contributed by atoms with Crippen molar-refractivity contribution in [2.45, 2.75) is 31.7 Å². The number of piperidine rings is 1. The highest BCUT2D eigenvalue weighted by molar-refractivity contribution is 6.40. The minimum absolute atomic E-state index is 0. The molecular formula is C22H25Cl3N4O2. The van der Waals surface area contributed by atoms with E-state index in [1.54, 1.807) is 19.2 Å². The first-order chi connectivity index (χ1) is 14.5. The number of halogens is 3. The minimum Gasteiger partial charge on any atom is -0.497 e. The van der Waals surface area contributed by atoms with Gasteiger partial charge in [-0.05, 0) is 48.7 Å². The van der Waals surface area contributed by atoms with Crippen LogP contribution in [0.25, 0.3) is 0 Å². The van der Waals surface area contributed by atoms with Crippen molar-refractivity contribution in [3.05, 3.63) is 58.1 Å². The van der Waals surface area contributed by atoms with Gasteiger partial charge in [-0.15, -0.1) is 12.4 Å². The van der Waals surface area contributed by atoms with Gasteiger partial charge in [0.1, 0.15) is 11.5 Å². The summed E-state index contributed by atoms with van der Waals surface area (Å²) in [6.45, 7) is 1.74. The molecular weight excluding hydrogens is 459 g/mol. The van der Waals surface area contributed by atoms with Crippen LogP contribution in [-0.2, 0) is 4.79 Å². The van der Waals surface area contributed by atoms with Gasteiger partial charge in [-0.1, -0.05) is 41.8 Å². The van der Waals surface area contributed by atoms with E-state index in [0.717, 1.165) is 37.2 Å². The summed E-state index contributed by atoms with van der Waals surface area (Å²) in [7, 11) is 1.64.